The molecule has 0 saturated heterocycles. The lowest BCUT2D eigenvalue weighted by molar-refractivity contribution is 1.45. The standard InChI is InChI=1S/C6H11N3/c1-5(7)3-4-9-6(2)8/h3-4,7H,1-2H3,(H2,8,9)/b4-3-,7-5?. The second-order valence-corrected chi connectivity index (χ2v) is 1.77. The first-order valence-electron chi connectivity index (χ1n) is 2.64. The molecule has 0 fully saturated rings. The maximum atomic E-state index is 6.94. The summed E-state index contributed by atoms with van der Waals surface area (Å²) in [5, 5.41) is 6.94. The number of nitrogens with two attached hydrogens (primary N) is 1. The summed E-state index contributed by atoms with van der Waals surface area (Å²) in [5.41, 5.74) is 5.68. The van der Waals surface area contributed by atoms with Gasteiger partial charge in [0.05, 0.1) is 5.84 Å². The van der Waals surface area contributed by atoms with Crippen LogP contribution in [0.25, 0.3) is 0 Å². The van der Waals surface area contributed by atoms with Crippen molar-refractivity contribution in [1.29, 1.82) is 5.41 Å². The molecule has 3 nitrogen and oxygen atoms in total. The van der Waals surface area contributed by atoms with Crippen LogP contribution in [0.2, 0.25) is 0 Å². The fourth-order valence-electron chi connectivity index (χ4n) is 0.267. The first-order valence-corrected chi connectivity index (χ1v) is 2.64. The van der Waals surface area contributed by atoms with Crippen LogP contribution in [-0.2, 0) is 0 Å². The van der Waals surface area contributed by atoms with Crippen molar-refractivity contribution in [1.82, 2.24) is 0 Å². The molecule has 0 aromatic heterocycles. The van der Waals surface area contributed by atoms with Crippen LogP contribution in [0, 0.1) is 5.41 Å². The van der Waals surface area contributed by atoms with Gasteiger partial charge in [0.25, 0.3) is 0 Å². The van der Waals surface area contributed by atoms with E-state index >= 15 is 0 Å². The molecule has 3 heteroatoms. The van der Waals surface area contributed by atoms with E-state index in [2.05, 4.69) is 4.99 Å². The fourth-order valence-corrected chi connectivity index (χ4v) is 0.267. The van der Waals surface area contributed by atoms with Gasteiger partial charge in [0.2, 0.25) is 0 Å². The number of nitrogens with zero attached hydrogens (tertiary/aromatic N) is 1. The highest BCUT2D eigenvalue weighted by atomic mass is 14.8. The minimum absolute atomic E-state index is 0.472. The van der Waals surface area contributed by atoms with Crippen LogP contribution in [0.3, 0.4) is 0 Å². The molecule has 0 aliphatic heterocycles. The van der Waals surface area contributed by atoms with Crippen molar-refractivity contribution in [2.75, 3.05) is 0 Å². The summed E-state index contributed by atoms with van der Waals surface area (Å²) >= 11 is 0. The van der Waals surface area contributed by atoms with Crippen molar-refractivity contribution >= 4 is 11.5 Å². The minimum Gasteiger partial charge on any atom is -0.387 e. The SMILES string of the molecule is CC(=N)/C=C\N=C(/C)N. The smallest absolute Gasteiger partial charge is 0.0957 e. The summed E-state index contributed by atoms with van der Waals surface area (Å²) in [5.74, 6) is 0.507. The van der Waals surface area contributed by atoms with Crippen molar-refractivity contribution in [2.24, 2.45) is 10.7 Å². The molecule has 0 saturated carbocycles. The summed E-state index contributed by atoms with van der Waals surface area (Å²) in [7, 11) is 0. The average molecular weight is 125 g/mol. The van der Waals surface area contributed by atoms with Gasteiger partial charge in [-0.1, -0.05) is 0 Å². The molecular formula is C6H11N3. The van der Waals surface area contributed by atoms with E-state index in [1.165, 1.54) is 6.20 Å². The monoisotopic (exact) mass is 125 g/mol. The molecule has 0 atom stereocenters. The van der Waals surface area contributed by atoms with Crippen LogP contribution in [0.1, 0.15) is 13.8 Å². The molecule has 0 unspecified atom stereocenters. The van der Waals surface area contributed by atoms with Gasteiger partial charge in [-0.25, -0.2) is 4.99 Å². The summed E-state index contributed by atoms with van der Waals surface area (Å²) < 4.78 is 0. The third-order valence-corrected chi connectivity index (χ3v) is 0.603. The summed E-state index contributed by atoms with van der Waals surface area (Å²) in [4.78, 5) is 3.74. The molecule has 0 heterocycles. The van der Waals surface area contributed by atoms with Crippen LogP contribution in [0.15, 0.2) is 17.3 Å². The number of amidine groups is 1. The molecule has 0 aliphatic carbocycles. The number of hydrogen-bond donors (Lipinski definition) is 2. The van der Waals surface area contributed by atoms with Gasteiger partial charge < -0.3 is 11.1 Å². The Kier molecular flexibility index (Phi) is 3.35. The van der Waals surface area contributed by atoms with E-state index < -0.39 is 0 Å². The largest absolute Gasteiger partial charge is 0.387 e. The molecule has 0 radical (unpaired) electrons. The predicted octanol–water partition coefficient (Wildman–Crippen LogP) is 0.917. The Bertz CT molecular complexity index is 152. The molecule has 0 bridgehead atoms. The van der Waals surface area contributed by atoms with Gasteiger partial charge in [-0.05, 0) is 19.9 Å². The number of hydrogen-bond acceptors (Lipinski definition) is 2. The average Bonchev–Trinajstić information content (AvgIpc) is 1.63. The molecule has 0 rings (SSSR count). The van der Waals surface area contributed by atoms with E-state index in [9.17, 15) is 0 Å². The van der Waals surface area contributed by atoms with Gasteiger partial charge in [0, 0.05) is 11.9 Å². The zero-order chi connectivity index (χ0) is 7.28. The van der Waals surface area contributed by atoms with Gasteiger partial charge in [0.15, 0.2) is 0 Å². The van der Waals surface area contributed by atoms with Gasteiger partial charge in [-0.3, -0.25) is 0 Å². The third kappa shape index (κ3) is 6.88. The molecule has 50 valence electrons. The van der Waals surface area contributed by atoms with Crippen molar-refractivity contribution in [3.63, 3.8) is 0 Å². The van der Waals surface area contributed by atoms with Crippen molar-refractivity contribution < 1.29 is 0 Å². The van der Waals surface area contributed by atoms with Crippen molar-refractivity contribution in [3.05, 3.63) is 12.3 Å². The predicted molar refractivity (Wildman–Crippen MR) is 39.8 cm³/mol. The van der Waals surface area contributed by atoms with Gasteiger partial charge >= 0.3 is 0 Å². The Balaban J connectivity index is 3.74. The molecule has 9 heavy (non-hydrogen) atoms. The zero-order valence-electron chi connectivity index (χ0n) is 5.68. The van der Waals surface area contributed by atoms with Crippen LogP contribution >= 0.6 is 0 Å². The second kappa shape index (κ2) is 3.83. The van der Waals surface area contributed by atoms with Gasteiger partial charge in [-0.15, -0.1) is 0 Å². The van der Waals surface area contributed by atoms with Crippen LogP contribution in [0.4, 0.5) is 0 Å². The van der Waals surface area contributed by atoms with Gasteiger partial charge in [0.1, 0.15) is 0 Å². The number of nitrogens with one attached hydrogen (secondary N) is 1. The Hall–Kier alpha value is -1.12. The number of aliphatic imine (C=N–C) groups is 1. The molecular weight excluding hydrogens is 114 g/mol. The lowest BCUT2D eigenvalue weighted by Gasteiger charge is -1.82. The summed E-state index contributed by atoms with van der Waals surface area (Å²) in [6.45, 7) is 3.38. The van der Waals surface area contributed by atoms with Crippen molar-refractivity contribution in [3.8, 4) is 0 Å². The lowest BCUT2D eigenvalue weighted by atomic mass is 10.4. The highest BCUT2D eigenvalue weighted by Crippen LogP contribution is 1.77. The lowest BCUT2D eigenvalue weighted by Crippen LogP contribution is -2.03. The molecule has 0 spiro atoms. The maximum absolute atomic E-state index is 6.94. The molecule has 0 amide bonds. The molecule has 0 aromatic carbocycles. The van der Waals surface area contributed by atoms with E-state index in [0.717, 1.165) is 0 Å². The van der Waals surface area contributed by atoms with Crippen molar-refractivity contribution in [2.45, 2.75) is 13.8 Å². The maximum Gasteiger partial charge on any atom is 0.0957 e. The first-order chi connectivity index (χ1) is 4.13. The number of rotatable bonds is 2. The van der Waals surface area contributed by atoms with E-state index in [-0.39, 0.29) is 0 Å². The molecule has 0 aromatic rings. The van der Waals surface area contributed by atoms with Gasteiger partial charge in [-0.2, -0.15) is 0 Å². The Labute approximate surface area is 54.8 Å². The normalized spacial score (nSPS) is 12.4. The Morgan fingerprint density at radius 1 is 1.56 bits per heavy atom. The van der Waals surface area contributed by atoms with E-state index in [1.54, 1.807) is 19.9 Å². The quantitative estimate of drug-likeness (QED) is 0.418. The van der Waals surface area contributed by atoms with Crippen LogP contribution < -0.4 is 5.73 Å². The summed E-state index contributed by atoms with van der Waals surface area (Å²) in [6.07, 6.45) is 3.09. The minimum atomic E-state index is 0.472. The Morgan fingerprint density at radius 3 is 2.44 bits per heavy atom. The topological polar surface area (TPSA) is 62.2 Å². The van der Waals surface area contributed by atoms with Crippen LogP contribution in [0.5, 0.6) is 0 Å². The highest BCUT2D eigenvalue weighted by molar-refractivity contribution is 5.90. The fraction of sp³-hybridized carbons (Fsp3) is 0.333. The van der Waals surface area contributed by atoms with E-state index in [1.807, 2.05) is 0 Å². The Morgan fingerprint density at radius 2 is 2.11 bits per heavy atom. The molecule has 0 aliphatic rings. The van der Waals surface area contributed by atoms with Crippen LogP contribution in [-0.4, -0.2) is 11.5 Å². The molecule has 3 N–H and O–H groups in total. The first kappa shape index (κ1) is 7.88. The highest BCUT2D eigenvalue weighted by Gasteiger charge is 1.73. The van der Waals surface area contributed by atoms with E-state index in [4.69, 9.17) is 11.1 Å². The van der Waals surface area contributed by atoms with E-state index in [0.29, 0.717) is 11.5 Å². The third-order valence-electron chi connectivity index (χ3n) is 0.603. The summed E-state index contributed by atoms with van der Waals surface area (Å²) in [6, 6.07) is 0. The number of allylic oxidation sites excluding steroid dienone is 1. The zero-order valence-corrected chi connectivity index (χ0v) is 5.68. The second-order valence-electron chi connectivity index (χ2n) is 1.77.